The standard InChI is InChI=1S/C24H40N6O4/c1-17(2)8-13-30-20-7-6-18-15-19(20)23(28-30)24(34)26-11-10-25-9-3-5-22(33)29(12-4-14-31)16-21(32)27-18/h17-18,25,31H,3-16H2,1-2H3,(H,26,34)(H,27,32). The minimum atomic E-state index is -0.208. The van der Waals surface area contributed by atoms with Crippen molar-refractivity contribution in [2.75, 3.05) is 39.3 Å². The second-order valence-electron chi connectivity index (χ2n) is 9.69. The Labute approximate surface area is 201 Å². The second-order valence-corrected chi connectivity index (χ2v) is 9.69. The van der Waals surface area contributed by atoms with Crippen molar-refractivity contribution in [2.45, 2.75) is 71.4 Å². The molecule has 1 aromatic heterocycles. The Kier molecular flexibility index (Phi) is 9.88. The van der Waals surface area contributed by atoms with Crippen LogP contribution in [0.5, 0.6) is 0 Å². The summed E-state index contributed by atoms with van der Waals surface area (Å²) >= 11 is 0. The molecule has 2 bridgehead atoms. The molecule has 10 heteroatoms. The van der Waals surface area contributed by atoms with Crippen molar-refractivity contribution < 1.29 is 19.5 Å². The molecule has 0 aromatic carbocycles. The van der Waals surface area contributed by atoms with E-state index in [9.17, 15) is 19.5 Å². The van der Waals surface area contributed by atoms with Crippen LogP contribution >= 0.6 is 0 Å². The summed E-state index contributed by atoms with van der Waals surface area (Å²) < 4.78 is 1.98. The number of carbonyl (C=O) groups is 3. The maximum Gasteiger partial charge on any atom is 0.272 e. The van der Waals surface area contributed by atoms with Crippen LogP contribution in [0.25, 0.3) is 0 Å². The fourth-order valence-corrected chi connectivity index (χ4v) is 4.55. The SMILES string of the molecule is CC(C)CCn1nc2c3c1CCC(C3)NC(=O)CN(CCCO)C(=O)CCCNCCNC2=O. The fraction of sp³-hybridized carbons (Fsp3) is 0.750. The van der Waals surface area contributed by atoms with Gasteiger partial charge < -0.3 is 26.0 Å². The van der Waals surface area contributed by atoms with E-state index in [1.54, 1.807) is 4.90 Å². The third kappa shape index (κ3) is 7.27. The van der Waals surface area contributed by atoms with Gasteiger partial charge in [-0.2, -0.15) is 5.10 Å². The van der Waals surface area contributed by atoms with E-state index in [0.29, 0.717) is 63.5 Å². The molecule has 0 spiro atoms. The summed E-state index contributed by atoms with van der Waals surface area (Å²) in [5.74, 6) is 0.0694. The van der Waals surface area contributed by atoms with Crippen molar-refractivity contribution in [1.29, 1.82) is 0 Å². The predicted octanol–water partition coefficient (Wildman–Crippen LogP) is 0.227. The monoisotopic (exact) mass is 476 g/mol. The smallest absolute Gasteiger partial charge is 0.272 e. The van der Waals surface area contributed by atoms with E-state index in [1.807, 2.05) is 4.68 Å². The first-order chi connectivity index (χ1) is 16.4. The first-order valence-corrected chi connectivity index (χ1v) is 12.6. The molecule has 10 nitrogen and oxygen atoms in total. The Bertz CT molecular complexity index is 853. The molecule has 4 N–H and O–H groups in total. The van der Waals surface area contributed by atoms with Crippen LogP contribution in [-0.2, 0) is 29.0 Å². The highest BCUT2D eigenvalue weighted by molar-refractivity contribution is 5.94. The number of aliphatic hydroxyl groups is 1. The van der Waals surface area contributed by atoms with Gasteiger partial charge in [0.1, 0.15) is 0 Å². The van der Waals surface area contributed by atoms with Crippen molar-refractivity contribution in [1.82, 2.24) is 30.6 Å². The molecule has 1 aromatic rings. The highest BCUT2D eigenvalue weighted by atomic mass is 16.3. The summed E-state index contributed by atoms with van der Waals surface area (Å²) in [6, 6.07) is -0.110. The van der Waals surface area contributed by atoms with Crippen molar-refractivity contribution in [3.05, 3.63) is 17.0 Å². The lowest BCUT2D eigenvalue weighted by molar-refractivity contribution is -0.136. The molecule has 0 saturated carbocycles. The number of hydrogen-bond acceptors (Lipinski definition) is 6. The van der Waals surface area contributed by atoms with Crippen LogP contribution in [-0.4, -0.2) is 82.9 Å². The zero-order chi connectivity index (χ0) is 24.5. The molecule has 34 heavy (non-hydrogen) atoms. The molecule has 190 valence electrons. The zero-order valence-corrected chi connectivity index (χ0v) is 20.6. The van der Waals surface area contributed by atoms with Crippen LogP contribution in [0.1, 0.15) is 67.7 Å². The fourth-order valence-electron chi connectivity index (χ4n) is 4.55. The maximum absolute atomic E-state index is 13.0. The van der Waals surface area contributed by atoms with Crippen LogP contribution in [0, 0.1) is 5.92 Å². The van der Waals surface area contributed by atoms with Gasteiger partial charge in [-0.15, -0.1) is 0 Å². The normalized spacial score (nSPS) is 20.8. The van der Waals surface area contributed by atoms with E-state index in [2.05, 4.69) is 34.9 Å². The Hall–Kier alpha value is -2.46. The molecule has 1 unspecified atom stereocenters. The van der Waals surface area contributed by atoms with Gasteiger partial charge in [0.05, 0.1) is 6.54 Å². The van der Waals surface area contributed by atoms with Crippen molar-refractivity contribution in [2.24, 2.45) is 5.92 Å². The first-order valence-electron chi connectivity index (χ1n) is 12.6. The summed E-state index contributed by atoms with van der Waals surface area (Å²) in [6.45, 7) is 7.15. The predicted molar refractivity (Wildman–Crippen MR) is 128 cm³/mol. The summed E-state index contributed by atoms with van der Waals surface area (Å²) in [7, 11) is 0. The largest absolute Gasteiger partial charge is 0.396 e. The average Bonchev–Trinajstić information content (AvgIpc) is 3.16. The molecule has 1 aliphatic heterocycles. The Morgan fingerprint density at radius 2 is 1.94 bits per heavy atom. The first kappa shape index (κ1) is 26.2. The van der Waals surface area contributed by atoms with E-state index in [4.69, 9.17) is 0 Å². The number of aliphatic hydroxyl groups excluding tert-OH is 1. The number of nitrogens with one attached hydrogen (secondary N) is 3. The molecule has 1 atom stereocenters. The molecule has 3 rings (SSSR count). The van der Waals surface area contributed by atoms with E-state index in [0.717, 1.165) is 37.1 Å². The summed E-state index contributed by atoms with van der Waals surface area (Å²) in [6.07, 6.45) is 4.46. The lowest BCUT2D eigenvalue weighted by atomic mass is 9.91. The van der Waals surface area contributed by atoms with E-state index in [-0.39, 0.29) is 36.9 Å². The summed E-state index contributed by atoms with van der Waals surface area (Å²) in [5.41, 5.74) is 2.47. The third-order valence-corrected chi connectivity index (χ3v) is 6.45. The van der Waals surface area contributed by atoms with Gasteiger partial charge in [-0.1, -0.05) is 13.8 Å². The highest BCUT2D eigenvalue weighted by Crippen LogP contribution is 2.26. The lowest BCUT2D eigenvalue weighted by Crippen LogP contribution is -2.46. The Balaban J connectivity index is 1.80. The summed E-state index contributed by atoms with van der Waals surface area (Å²) in [4.78, 5) is 40.0. The number of aryl methyl sites for hydroxylation is 1. The second kappa shape index (κ2) is 12.9. The minimum Gasteiger partial charge on any atom is -0.396 e. The van der Waals surface area contributed by atoms with Gasteiger partial charge in [-0.3, -0.25) is 19.1 Å². The summed E-state index contributed by atoms with van der Waals surface area (Å²) in [5, 5.41) is 23.2. The topological polar surface area (TPSA) is 129 Å². The van der Waals surface area contributed by atoms with Crippen LogP contribution in [0.15, 0.2) is 0 Å². The lowest BCUT2D eigenvalue weighted by Gasteiger charge is -2.27. The molecule has 1 aliphatic carbocycles. The average molecular weight is 477 g/mol. The van der Waals surface area contributed by atoms with Crippen LogP contribution in [0.3, 0.4) is 0 Å². The third-order valence-electron chi connectivity index (χ3n) is 6.45. The Morgan fingerprint density at radius 1 is 1.12 bits per heavy atom. The van der Waals surface area contributed by atoms with E-state index >= 15 is 0 Å². The molecule has 0 fully saturated rings. The van der Waals surface area contributed by atoms with Gasteiger partial charge in [-0.05, 0) is 51.0 Å². The van der Waals surface area contributed by atoms with E-state index in [1.165, 1.54) is 0 Å². The molecule has 0 radical (unpaired) electrons. The van der Waals surface area contributed by atoms with Crippen molar-refractivity contribution in [3.63, 3.8) is 0 Å². The van der Waals surface area contributed by atoms with Gasteiger partial charge in [0, 0.05) is 56.5 Å². The number of hydrogen-bond donors (Lipinski definition) is 4. The number of aromatic nitrogens is 2. The van der Waals surface area contributed by atoms with Gasteiger partial charge in [0.25, 0.3) is 5.91 Å². The molecule has 2 heterocycles. The number of fused-ring (bicyclic) bond motifs is 1. The quantitative estimate of drug-likeness (QED) is 0.465. The van der Waals surface area contributed by atoms with Crippen LogP contribution < -0.4 is 16.0 Å². The van der Waals surface area contributed by atoms with Crippen LogP contribution in [0.4, 0.5) is 0 Å². The molecular formula is C24H40N6O4. The number of carbonyl (C=O) groups excluding carboxylic acids is 3. The number of nitrogens with zero attached hydrogens (tertiary/aromatic N) is 3. The van der Waals surface area contributed by atoms with E-state index < -0.39 is 0 Å². The Morgan fingerprint density at radius 3 is 2.71 bits per heavy atom. The van der Waals surface area contributed by atoms with Crippen molar-refractivity contribution in [3.8, 4) is 0 Å². The number of rotatable bonds is 6. The molecule has 2 aliphatic rings. The zero-order valence-electron chi connectivity index (χ0n) is 20.6. The molecule has 0 saturated heterocycles. The van der Waals surface area contributed by atoms with Gasteiger partial charge >= 0.3 is 0 Å². The van der Waals surface area contributed by atoms with Crippen molar-refractivity contribution >= 4 is 17.7 Å². The molecule has 3 amide bonds. The van der Waals surface area contributed by atoms with Gasteiger partial charge in [0.2, 0.25) is 11.8 Å². The van der Waals surface area contributed by atoms with Gasteiger partial charge in [-0.25, -0.2) is 0 Å². The number of amides is 3. The van der Waals surface area contributed by atoms with Gasteiger partial charge in [0.15, 0.2) is 5.69 Å². The minimum absolute atomic E-state index is 0.0172. The molecular weight excluding hydrogens is 436 g/mol. The maximum atomic E-state index is 13.0. The highest BCUT2D eigenvalue weighted by Gasteiger charge is 2.30. The van der Waals surface area contributed by atoms with Crippen LogP contribution in [0.2, 0.25) is 0 Å².